The molecule has 2 aromatic rings. The molecule has 0 aromatic heterocycles. The third-order valence-corrected chi connectivity index (χ3v) is 5.48. The molecule has 0 aliphatic heterocycles. The Morgan fingerprint density at radius 1 is 0.727 bits per heavy atom. The fourth-order valence-corrected chi connectivity index (χ4v) is 3.33. The number of hydrogen-bond acceptors (Lipinski definition) is 8. The van der Waals surface area contributed by atoms with E-state index in [0.29, 0.717) is 6.54 Å². The summed E-state index contributed by atoms with van der Waals surface area (Å²) in [5, 5.41) is 59.1. The van der Waals surface area contributed by atoms with E-state index < -0.39 is 31.0 Å². The van der Waals surface area contributed by atoms with Crippen molar-refractivity contribution in [1.29, 1.82) is 0 Å². The highest BCUT2D eigenvalue weighted by Crippen LogP contribution is 2.20. The molecule has 2 aromatic carbocycles. The summed E-state index contributed by atoms with van der Waals surface area (Å²) >= 11 is 0. The summed E-state index contributed by atoms with van der Waals surface area (Å²) in [6.45, 7) is 1.95. The van der Waals surface area contributed by atoms with Crippen LogP contribution in [0.5, 0.6) is 0 Å². The van der Waals surface area contributed by atoms with Crippen LogP contribution in [0, 0.1) is 0 Å². The molecule has 4 atom stereocenters. The first kappa shape index (κ1) is 27.0. The van der Waals surface area contributed by atoms with Crippen LogP contribution in [0.4, 0.5) is 11.4 Å². The molecule has 0 saturated carbocycles. The predicted octanol–water partition coefficient (Wildman–Crippen LogP) is 2.75. The minimum Gasteiger partial charge on any atom is -0.394 e. The van der Waals surface area contributed by atoms with Crippen LogP contribution in [-0.2, 0) is 13.0 Å². The number of nitrogens with one attached hydrogen (secondary N) is 1. The maximum absolute atomic E-state index is 9.92. The van der Waals surface area contributed by atoms with Gasteiger partial charge in [-0.05, 0) is 48.2 Å². The zero-order valence-electron chi connectivity index (χ0n) is 19.2. The first-order valence-electron chi connectivity index (χ1n) is 11.6. The molecule has 33 heavy (non-hydrogen) atoms. The molecule has 0 amide bonds. The molecule has 0 radical (unpaired) electrons. The van der Waals surface area contributed by atoms with Gasteiger partial charge in [0.05, 0.1) is 24.1 Å². The van der Waals surface area contributed by atoms with Crippen molar-refractivity contribution in [3.05, 3.63) is 59.7 Å². The fraction of sp³-hybridized carbons (Fsp3) is 0.520. The normalized spacial score (nSPS) is 15.5. The number of benzene rings is 2. The Hall–Kier alpha value is -2.20. The minimum atomic E-state index is -1.63. The molecule has 6 N–H and O–H groups in total. The minimum absolute atomic E-state index is 0.00638. The van der Waals surface area contributed by atoms with Crippen LogP contribution < -0.4 is 5.32 Å². The highest BCUT2D eigenvalue weighted by molar-refractivity contribution is 5.42. The van der Waals surface area contributed by atoms with Gasteiger partial charge in [0.1, 0.15) is 18.3 Å². The van der Waals surface area contributed by atoms with Crippen LogP contribution in [0.2, 0.25) is 0 Å². The molecule has 0 saturated heterocycles. The van der Waals surface area contributed by atoms with Gasteiger partial charge in [-0.15, -0.1) is 0 Å². The summed E-state index contributed by atoms with van der Waals surface area (Å²) in [5.74, 6) is 0. The number of azo groups is 1. The van der Waals surface area contributed by atoms with E-state index in [9.17, 15) is 20.4 Å². The van der Waals surface area contributed by atoms with E-state index in [0.717, 1.165) is 23.4 Å². The van der Waals surface area contributed by atoms with Crippen LogP contribution in [0.25, 0.3) is 0 Å². The quantitative estimate of drug-likeness (QED) is 0.179. The Kier molecular flexibility index (Phi) is 12.2. The lowest BCUT2D eigenvalue weighted by atomic mass is 10.0. The van der Waals surface area contributed by atoms with Gasteiger partial charge in [-0.1, -0.05) is 50.5 Å². The average molecular weight is 460 g/mol. The number of rotatable bonds is 15. The highest BCUT2D eigenvalue weighted by atomic mass is 16.4. The van der Waals surface area contributed by atoms with E-state index in [1.165, 1.54) is 31.2 Å². The number of hydrogen-bond donors (Lipinski definition) is 6. The largest absolute Gasteiger partial charge is 0.394 e. The topological polar surface area (TPSA) is 138 Å². The van der Waals surface area contributed by atoms with Crippen molar-refractivity contribution in [2.45, 2.75) is 70.0 Å². The predicted molar refractivity (Wildman–Crippen MR) is 128 cm³/mol. The molecular formula is C25H37N3O5. The van der Waals surface area contributed by atoms with Gasteiger partial charge in [0.2, 0.25) is 0 Å². The molecule has 182 valence electrons. The number of aliphatic hydroxyl groups excluding tert-OH is 5. The lowest BCUT2D eigenvalue weighted by molar-refractivity contribution is -0.114. The molecule has 0 heterocycles. The van der Waals surface area contributed by atoms with E-state index in [2.05, 4.69) is 34.6 Å². The lowest BCUT2D eigenvalue weighted by Crippen LogP contribution is -2.48. The fourth-order valence-electron chi connectivity index (χ4n) is 3.33. The Morgan fingerprint density at radius 3 is 1.82 bits per heavy atom. The van der Waals surface area contributed by atoms with E-state index in [4.69, 9.17) is 5.11 Å². The Labute approximate surface area is 195 Å². The van der Waals surface area contributed by atoms with Crippen molar-refractivity contribution < 1.29 is 25.5 Å². The standard InChI is InChI=1S/C25H37N3O5/c1-2-3-4-5-6-18-7-11-20(12-8-18)27-28-21-13-9-19(10-14-21)15-26-16-22(30)24(32)25(33)23(31)17-29/h7-14,22-26,29-33H,2-6,15-17H2,1H3/t22-,23+,24+,25+/m0/s1. The monoisotopic (exact) mass is 459 g/mol. The van der Waals surface area contributed by atoms with Gasteiger partial charge in [0.15, 0.2) is 0 Å². The Morgan fingerprint density at radius 2 is 1.27 bits per heavy atom. The van der Waals surface area contributed by atoms with E-state index in [1.807, 2.05) is 36.4 Å². The molecule has 8 heteroatoms. The van der Waals surface area contributed by atoms with E-state index in [1.54, 1.807) is 0 Å². The summed E-state index contributed by atoms with van der Waals surface area (Å²) in [5.41, 5.74) is 3.79. The van der Waals surface area contributed by atoms with Gasteiger partial charge < -0.3 is 30.8 Å². The third kappa shape index (κ3) is 9.67. The van der Waals surface area contributed by atoms with Crippen LogP contribution in [0.3, 0.4) is 0 Å². The average Bonchev–Trinajstić information content (AvgIpc) is 2.85. The summed E-state index contributed by atoms with van der Waals surface area (Å²) in [6.07, 6.45) is 0.0972. The molecule has 0 fully saturated rings. The number of nitrogens with zero attached hydrogens (tertiary/aromatic N) is 2. The van der Waals surface area contributed by atoms with Gasteiger partial charge in [-0.3, -0.25) is 0 Å². The van der Waals surface area contributed by atoms with Crippen molar-refractivity contribution in [3.8, 4) is 0 Å². The van der Waals surface area contributed by atoms with Crippen LogP contribution in [0.15, 0.2) is 58.8 Å². The molecule has 0 aliphatic carbocycles. The summed E-state index contributed by atoms with van der Waals surface area (Å²) in [7, 11) is 0. The molecule has 0 bridgehead atoms. The van der Waals surface area contributed by atoms with Crippen LogP contribution in [0.1, 0.15) is 43.7 Å². The number of aryl methyl sites for hydroxylation is 1. The first-order chi connectivity index (χ1) is 15.9. The van der Waals surface area contributed by atoms with E-state index >= 15 is 0 Å². The molecule has 0 aliphatic rings. The zero-order valence-corrected chi connectivity index (χ0v) is 19.2. The van der Waals surface area contributed by atoms with Gasteiger partial charge >= 0.3 is 0 Å². The van der Waals surface area contributed by atoms with Crippen molar-refractivity contribution in [1.82, 2.24) is 5.32 Å². The second-order valence-corrected chi connectivity index (χ2v) is 8.27. The smallest absolute Gasteiger partial charge is 0.111 e. The van der Waals surface area contributed by atoms with E-state index in [-0.39, 0.29) is 6.54 Å². The molecular weight excluding hydrogens is 422 g/mol. The van der Waals surface area contributed by atoms with Crippen LogP contribution in [-0.4, -0.2) is 63.1 Å². The maximum Gasteiger partial charge on any atom is 0.111 e. The van der Waals surface area contributed by atoms with Crippen molar-refractivity contribution in [3.63, 3.8) is 0 Å². The second kappa shape index (κ2) is 14.8. The SMILES string of the molecule is CCCCCCc1ccc(N=Nc2ccc(CNC[C@H](O)[C@@H](O)[C@H](O)[C@H](O)CO)cc2)cc1. The van der Waals surface area contributed by atoms with Gasteiger partial charge in [-0.2, -0.15) is 10.2 Å². The molecule has 8 nitrogen and oxygen atoms in total. The van der Waals surface area contributed by atoms with Crippen molar-refractivity contribution >= 4 is 11.4 Å². The molecule has 2 rings (SSSR count). The first-order valence-corrected chi connectivity index (χ1v) is 11.6. The van der Waals surface area contributed by atoms with Gasteiger partial charge in [-0.25, -0.2) is 0 Å². The summed E-state index contributed by atoms with van der Waals surface area (Å²) in [6, 6.07) is 15.6. The third-order valence-electron chi connectivity index (χ3n) is 5.48. The summed E-state index contributed by atoms with van der Waals surface area (Å²) < 4.78 is 0. The zero-order chi connectivity index (χ0) is 24.1. The van der Waals surface area contributed by atoms with Crippen molar-refractivity contribution in [2.24, 2.45) is 10.2 Å². The second-order valence-electron chi connectivity index (χ2n) is 8.27. The van der Waals surface area contributed by atoms with Gasteiger partial charge in [0, 0.05) is 13.1 Å². The van der Waals surface area contributed by atoms with Crippen LogP contribution >= 0.6 is 0 Å². The Balaban J connectivity index is 1.76. The number of unbranched alkanes of at least 4 members (excludes halogenated alkanes) is 3. The number of aliphatic hydroxyl groups is 5. The summed E-state index contributed by atoms with van der Waals surface area (Å²) in [4.78, 5) is 0. The highest BCUT2D eigenvalue weighted by Gasteiger charge is 2.29. The molecule has 0 spiro atoms. The maximum atomic E-state index is 9.92. The molecule has 0 unspecified atom stereocenters. The Bertz CT molecular complexity index is 814. The van der Waals surface area contributed by atoms with Crippen molar-refractivity contribution in [2.75, 3.05) is 13.2 Å². The van der Waals surface area contributed by atoms with Gasteiger partial charge in [0.25, 0.3) is 0 Å². The lowest BCUT2D eigenvalue weighted by Gasteiger charge is -2.25.